The predicted octanol–water partition coefficient (Wildman–Crippen LogP) is 2.99. The lowest BCUT2D eigenvalue weighted by atomic mass is 10.1. The molecule has 35 heavy (non-hydrogen) atoms. The molecule has 0 rings (SSSR count). The molecule has 4 atom stereocenters. The van der Waals surface area contributed by atoms with Gasteiger partial charge < -0.3 is 29.0 Å². The molecule has 10 nitrogen and oxygen atoms in total. The molecule has 0 bridgehead atoms. The van der Waals surface area contributed by atoms with Gasteiger partial charge in [0.25, 0.3) is 0 Å². The van der Waals surface area contributed by atoms with Crippen molar-refractivity contribution in [2.45, 2.75) is 92.8 Å². The number of esters is 3. The molecule has 1 N–H and O–H groups in total. The highest BCUT2D eigenvalue weighted by molar-refractivity contribution is 5.73. The van der Waals surface area contributed by atoms with Crippen LogP contribution >= 0.6 is 0 Å². The summed E-state index contributed by atoms with van der Waals surface area (Å²) in [5, 5.41) is 2.71. The highest BCUT2D eigenvalue weighted by Gasteiger charge is 2.33. The van der Waals surface area contributed by atoms with E-state index < -0.39 is 42.4 Å². The maximum absolute atomic E-state index is 11.7. The Bertz CT molecular complexity index is 756. The van der Waals surface area contributed by atoms with E-state index in [1.165, 1.54) is 33.3 Å². The van der Waals surface area contributed by atoms with Crippen LogP contribution in [0.25, 0.3) is 0 Å². The van der Waals surface area contributed by atoms with Crippen LogP contribution in [0.2, 0.25) is 0 Å². The fourth-order valence-corrected chi connectivity index (χ4v) is 2.90. The van der Waals surface area contributed by atoms with Crippen molar-refractivity contribution in [3.8, 4) is 0 Å². The summed E-state index contributed by atoms with van der Waals surface area (Å²) >= 11 is 0. The van der Waals surface area contributed by atoms with Gasteiger partial charge in [0.2, 0.25) is 5.91 Å². The molecule has 1 unspecified atom stereocenters. The predicted molar refractivity (Wildman–Crippen MR) is 129 cm³/mol. The average Bonchev–Trinajstić information content (AvgIpc) is 2.71. The molecule has 0 aliphatic rings. The molecule has 0 aliphatic carbocycles. The van der Waals surface area contributed by atoms with Gasteiger partial charge in [-0.25, -0.2) is 0 Å². The number of carbonyl (C=O) groups excluding carboxylic acids is 4. The van der Waals surface area contributed by atoms with Crippen molar-refractivity contribution in [2.75, 3.05) is 19.8 Å². The van der Waals surface area contributed by atoms with Crippen molar-refractivity contribution in [3.05, 3.63) is 23.3 Å². The van der Waals surface area contributed by atoms with E-state index in [9.17, 15) is 19.2 Å². The smallest absolute Gasteiger partial charge is 0.303 e. The minimum absolute atomic E-state index is 0.192. The van der Waals surface area contributed by atoms with Crippen LogP contribution in [0.4, 0.5) is 0 Å². The first-order valence-electron chi connectivity index (χ1n) is 11.6. The molecule has 0 aromatic carbocycles. The Morgan fingerprint density at radius 1 is 0.800 bits per heavy atom. The van der Waals surface area contributed by atoms with Gasteiger partial charge in [0.05, 0.1) is 12.6 Å². The number of hydrogen-bond acceptors (Lipinski definition) is 9. The summed E-state index contributed by atoms with van der Waals surface area (Å²) in [6.07, 6.45) is 2.75. The van der Waals surface area contributed by atoms with Crippen LogP contribution in [0.15, 0.2) is 23.3 Å². The first kappa shape index (κ1) is 32.3. The number of carbonyl (C=O) groups is 4. The number of rotatable bonds is 16. The molecular formula is C25H41NO9. The van der Waals surface area contributed by atoms with Crippen molar-refractivity contribution < 1.29 is 42.9 Å². The third kappa shape index (κ3) is 17.4. The summed E-state index contributed by atoms with van der Waals surface area (Å²) < 4.78 is 27.3. The van der Waals surface area contributed by atoms with Gasteiger partial charge in [-0.2, -0.15) is 0 Å². The van der Waals surface area contributed by atoms with E-state index in [1.54, 1.807) is 6.92 Å². The lowest BCUT2D eigenvalue weighted by Gasteiger charge is -2.32. The van der Waals surface area contributed by atoms with E-state index in [0.29, 0.717) is 0 Å². The standard InChI is InChI=1S/C25H41NO9/c1-16(2)10-9-11-17(3)12-13-31-25(18(4)26-19(5)27)35-24(15-33-21(7)29)23(34-22(8)30)14-32-20(6)28/h10,12,18,23-25H,9,11,13-15H2,1-8H3,(H,26,27)/b17-12+/t18-,23+,24?,25+/m0/s1. The Balaban J connectivity index is 5.64. The SMILES string of the molecule is CC(=O)N[C@@H](C)[C@H](OC/C=C(\C)CCC=C(C)C)OC(COC(C)=O)[C@@H](COC(C)=O)OC(C)=O. The quantitative estimate of drug-likeness (QED) is 0.148. The minimum Gasteiger partial charge on any atom is -0.463 e. The Labute approximate surface area is 208 Å². The van der Waals surface area contributed by atoms with Crippen LogP contribution in [0.1, 0.15) is 68.2 Å². The number of allylic oxidation sites excluding steroid dienone is 3. The third-order valence-corrected chi connectivity index (χ3v) is 4.57. The Morgan fingerprint density at radius 3 is 1.86 bits per heavy atom. The lowest BCUT2D eigenvalue weighted by Crippen LogP contribution is -2.49. The topological polar surface area (TPSA) is 126 Å². The molecule has 0 saturated heterocycles. The van der Waals surface area contributed by atoms with E-state index in [1.807, 2.05) is 26.8 Å². The van der Waals surface area contributed by atoms with Gasteiger partial charge in [-0.15, -0.1) is 0 Å². The van der Waals surface area contributed by atoms with Crippen molar-refractivity contribution in [3.63, 3.8) is 0 Å². The average molecular weight is 500 g/mol. The van der Waals surface area contributed by atoms with Crippen molar-refractivity contribution >= 4 is 23.8 Å². The summed E-state index contributed by atoms with van der Waals surface area (Å²) in [6.45, 7) is 12.4. The maximum atomic E-state index is 11.7. The van der Waals surface area contributed by atoms with Crippen LogP contribution in [0, 0.1) is 0 Å². The van der Waals surface area contributed by atoms with Crippen LogP contribution < -0.4 is 5.32 Å². The zero-order valence-electron chi connectivity index (χ0n) is 22.2. The van der Waals surface area contributed by atoms with Crippen LogP contribution in [-0.2, 0) is 42.9 Å². The summed E-state index contributed by atoms with van der Waals surface area (Å²) in [6, 6.07) is -0.599. The summed E-state index contributed by atoms with van der Waals surface area (Å²) in [4.78, 5) is 46.0. The van der Waals surface area contributed by atoms with Gasteiger partial charge >= 0.3 is 17.9 Å². The molecule has 0 aliphatic heterocycles. The summed E-state index contributed by atoms with van der Waals surface area (Å²) in [7, 11) is 0. The number of amides is 1. The lowest BCUT2D eigenvalue weighted by molar-refractivity contribution is -0.221. The normalized spacial score (nSPS) is 14.7. The van der Waals surface area contributed by atoms with Gasteiger partial charge in [-0.1, -0.05) is 23.3 Å². The molecule has 1 amide bonds. The molecule has 0 spiro atoms. The van der Waals surface area contributed by atoms with Crippen LogP contribution in [-0.4, -0.2) is 68.2 Å². The van der Waals surface area contributed by atoms with Crippen LogP contribution in [0.3, 0.4) is 0 Å². The fourth-order valence-electron chi connectivity index (χ4n) is 2.90. The summed E-state index contributed by atoms with van der Waals surface area (Å²) in [5.41, 5.74) is 2.37. The van der Waals surface area contributed by atoms with E-state index in [4.69, 9.17) is 23.7 Å². The van der Waals surface area contributed by atoms with Gasteiger partial charge in [0.15, 0.2) is 12.4 Å². The number of hydrogen-bond donors (Lipinski definition) is 1. The van der Waals surface area contributed by atoms with Crippen LogP contribution in [0.5, 0.6) is 0 Å². The summed E-state index contributed by atoms with van der Waals surface area (Å²) in [5.74, 6) is -2.09. The van der Waals surface area contributed by atoms with Gasteiger partial charge in [0, 0.05) is 27.7 Å². The van der Waals surface area contributed by atoms with Crippen molar-refractivity contribution in [2.24, 2.45) is 0 Å². The van der Waals surface area contributed by atoms with Gasteiger partial charge in [0.1, 0.15) is 19.3 Å². The Hall–Kier alpha value is -2.72. The van der Waals surface area contributed by atoms with Gasteiger partial charge in [-0.05, 0) is 40.5 Å². The molecule has 0 heterocycles. The molecule has 0 saturated carbocycles. The van der Waals surface area contributed by atoms with Crippen molar-refractivity contribution in [1.82, 2.24) is 5.32 Å². The highest BCUT2D eigenvalue weighted by atomic mass is 16.7. The number of ether oxygens (including phenoxy) is 5. The first-order valence-corrected chi connectivity index (χ1v) is 11.6. The fraction of sp³-hybridized carbons (Fsp3) is 0.680. The van der Waals surface area contributed by atoms with E-state index in [2.05, 4.69) is 11.4 Å². The molecule has 0 radical (unpaired) electrons. The molecule has 0 fully saturated rings. The monoisotopic (exact) mass is 499 g/mol. The molecule has 10 heteroatoms. The minimum atomic E-state index is -1.08. The molecule has 200 valence electrons. The zero-order chi connectivity index (χ0) is 27.0. The second kappa shape index (κ2) is 17.7. The molecule has 0 aromatic rings. The van der Waals surface area contributed by atoms with Crippen molar-refractivity contribution in [1.29, 1.82) is 0 Å². The van der Waals surface area contributed by atoms with E-state index in [0.717, 1.165) is 18.4 Å². The second-order valence-corrected chi connectivity index (χ2v) is 8.49. The van der Waals surface area contributed by atoms with E-state index >= 15 is 0 Å². The largest absolute Gasteiger partial charge is 0.463 e. The molecular weight excluding hydrogens is 458 g/mol. The first-order chi connectivity index (χ1) is 16.3. The van der Waals surface area contributed by atoms with E-state index in [-0.39, 0.29) is 25.7 Å². The zero-order valence-corrected chi connectivity index (χ0v) is 22.2. The number of nitrogens with one attached hydrogen (secondary N) is 1. The highest BCUT2D eigenvalue weighted by Crippen LogP contribution is 2.15. The Kier molecular flexibility index (Phi) is 16.3. The maximum Gasteiger partial charge on any atom is 0.303 e. The second-order valence-electron chi connectivity index (χ2n) is 8.49. The van der Waals surface area contributed by atoms with Gasteiger partial charge in [-0.3, -0.25) is 19.2 Å². The third-order valence-electron chi connectivity index (χ3n) is 4.57. The Morgan fingerprint density at radius 2 is 1.37 bits per heavy atom. The molecule has 0 aromatic heterocycles.